The fraction of sp³-hybridized carbons (Fsp3) is 0.583. The van der Waals surface area contributed by atoms with Gasteiger partial charge in [0.2, 0.25) is 5.91 Å². The molecule has 1 aromatic heterocycles. The molecule has 0 fully saturated rings. The number of hydrogen-bond acceptors (Lipinski definition) is 3. The van der Waals surface area contributed by atoms with Crippen molar-refractivity contribution in [2.24, 2.45) is 0 Å². The van der Waals surface area contributed by atoms with Crippen molar-refractivity contribution in [2.75, 3.05) is 13.1 Å². The maximum Gasteiger partial charge on any atom is 0.254 e. The summed E-state index contributed by atoms with van der Waals surface area (Å²) in [6.07, 6.45) is 0. The summed E-state index contributed by atoms with van der Waals surface area (Å²) in [7, 11) is 0. The lowest BCUT2D eigenvalue weighted by atomic mass is 10.4. The Morgan fingerprint density at radius 1 is 1.35 bits per heavy atom. The van der Waals surface area contributed by atoms with Gasteiger partial charge in [-0.1, -0.05) is 0 Å². The smallest absolute Gasteiger partial charge is 0.254 e. The molecule has 0 saturated heterocycles. The van der Waals surface area contributed by atoms with Crippen molar-refractivity contribution in [3.05, 3.63) is 27.9 Å². The SMILES string of the molecule is CCN(CC)C(=O)Cn1c(C)nc(C)cc1=O. The molecule has 1 aromatic rings. The van der Waals surface area contributed by atoms with E-state index >= 15 is 0 Å². The van der Waals surface area contributed by atoms with Crippen LogP contribution in [0.5, 0.6) is 0 Å². The van der Waals surface area contributed by atoms with Crippen LogP contribution in [0.1, 0.15) is 25.4 Å². The lowest BCUT2D eigenvalue weighted by Gasteiger charge is -2.19. The third-order valence-electron chi connectivity index (χ3n) is 2.74. The summed E-state index contributed by atoms with van der Waals surface area (Å²) < 4.78 is 1.41. The van der Waals surface area contributed by atoms with E-state index in [1.807, 2.05) is 13.8 Å². The molecule has 0 spiro atoms. The molecule has 1 amide bonds. The van der Waals surface area contributed by atoms with Crippen LogP contribution in [0.25, 0.3) is 0 Å². The Morgan fingerprint density at radius 2 is 1.94 bits per heavy atom. The Hall–Kier alpha value is -1.65. The summed E-state index contributed by atoms with van der Waals surface area (Å²) in [6, 6.07) is 1.45. The van der Waals surface area contributed by atoms with Gasteiger partial charge in [-0.3, -0.25) is 14.2 Å². The predicted molar refractivity (Wildman–Crippen MR) is 65.9 cm³/mol. The second-order valence-electron chi connectivity index (χ2n) is 3.94. The molecule has 1 rings (SSSR count). The summed E-state index contributed by atoms with van der Waals surface area (Å²) in [6.45, 7) is 8.73. The predicted octanol–water partition coefficient (Wildman–Crippen LogP) is 0.729. The van der Waals surface area contributed by atoms with E-state index in [9.17, 15) is 9.59 Å². The largest absolute Gasteiger partial charge is 0.342 e. The van der Waals surface area contributed by atoms with Crippen LogP contribution in [-0.2, 0) is 11.3 Å². The molecule has 0 radical (unpaired) electrons. The summed E-state index contributed by atoms with van der Waals surface area (Å²) in [5, 5.41) is 0. The van der Waals surface area contributed by atoms with Crippen LogP contribution in [-0.4, -0.2) is 33.4 Å². The van der Waals surface area contributed by atoms with Gasteiger partial charge >= 0.3 is 0 Å². The maximum atomic E-state index is 11.9. The molecule has 0 aliphatic carbocycles. The van der Waals surface area contributed by atoms with Crippen molar-refractivity contribution >= 4 is 5.91 Å². The van der Waals surface area contributed by atoms with E-state index in [1.165, 1.54) is 10.6 Å². The van der Waals surface area contributed by atoms with Gasteiger partial charge in [-0.2, -0.15) is 0 Å². The van der Waals surface area contributed by atoms with E-state index in [0.29, 0.717) is 24.6 Å². The number of aryl methyl sites for hydroxylation is 2. The number of amides is 1. The highest BCUT2D eigenvalue weighted by Crippen LogP contribution is 1.97. The van der Waals surface area contributed by atoms with Gasteiger partial charge < -0.3 is 4.90 Å². The molecule has 0 bridgehead atoms. The van der Waals surface area contributed by atoms with Crippen LogP contribution in [0.2, 0.25) is 0 Å². The highest BCUT2D eigenvalue weighted by Gasteiger charge is 2.12. The monoisotopic (exact) mass is 237 g/mol. The Morgan fingerprint density at radius 3 is 2.41 bits per heavy atom. The highest BCUT2D eigenvalue weighted by atomic mass is 16.2. The molecule has 0 aromatic carbocycles. The fourth-order valence-corrected chi connectivity index (χ4v) is 1.77. The van der Waals surface area contributed by atoms with E-state index in [0.717, 1.165) is 0 Å². The minimum Gasteiger partial charge on any atom is -0.342 e. The summed E-state index contributed by atoms with van der Waals surface area (Å²) in [4.78, 5) is 29.5. The third kappa shape index (κ3) is 3.15. The number of nitrogens with zero attached hydrogens (tertiary/aromatic N) is 3. The molecule has 5 heteroatoms. The van der Waals surface area contributed by atoms with Crippen LogP contribution in [0.15, 0.2) is 10.9 Å². The lowest BCUT2D eigenvalue weighted by Crippen LogP contribution is -2.37. The van der Waals surface area contributed by atoms with Crippen LogP contribution >= 0.6 is 0 Å². The first kappa shape index (κ1) is 13.4. The first-order valence-electron chi connectivity index (χ1n) is 5.82. The summed E-state index contributed by atoms with van der Waals surface area (Å²) >= 11 is 0. The van der Waals surface area contributed by atoms with E-state index < -0.39 is 0 Å². The highest BCUT2D eigenvalue weighted by molar-refractivity contribution is 5.75. The number of aromatic nitrogens is 2. The van der Waals surface area contributed by atoms with E-state index in [1.54, 1.807) is 18.7 Å². The number of likely N-dealkylation sites (N-methyl/N-ethyl adjacent to an activating group) is 1. The average molecular weight is 237 g/mol. The van der Waals surface area contributed by atoms with E-state index in [2.05, 4.69) is 4.98 Å². The van der Waals surface area contributed by atoms with Gasteiger partial charge in [-0.15, -0.1) is 0 Å². The number of carbonyl (C=O) groups is 1. The van der Waals surface area contributed by atoms with Crippen LogP contribution < -0.4 is 5.56 Å². The Labute approximate surface area is 101 Å². The van der Waals surface area contributed by atoms with Gasteiger partial charge in [0.05, 0.1) is 0 Å². The molecule has 1 heterocycles. The van der Waals surface area contributed by atoms with Crippen molar-refractivity contribution in [2.45, 2.75) is 34.2 Å². The molecular weight excluding hydrogens is 218 g/mol. The van der Waals surface area contributed by atoms with Crippen LogP contribution in [0, 0.1) is 13.8 Å². The zero-order valence-corrected chi connectivity index (χ0v) is 10.9. The second-order valence-corrected chi connectivity index (χ2v) is 3.94. The average Bonchev–Trinajstić information content (AvgIpc) is 2.25. The molecule has 0 aliphatic heterocycles. The molecule has 0 unspecified atom stereocenters. The Bertz CT molecular complexity index is 461. The maximum absolute atomic E-state index is 11.9. The molecule has 17 heavy (non-hydrogen) atoms. The molecule has 0 N–H and O–H groups in total. The third-order valence-corrected chi connectivity index (χ3v) is 2.74. The molecule has 0 atom stereocenters. The lowest BCUT2D eigenvalue weighted by molar-refractivity contribution is -0.131. The second kappa shape index (κ2) is 5.61. The van der Waals surface area contributed by atoms with Gasteiger partial charge in [0, 0.05) is 24.8 Å². The minimum absolute atomic E-state index is 0.0501. The van der Waals surface area contributed by atoms with Crippen molar-refractivity contribution in [1.82, 2.24) is 14.5 Å². The van der Waals surface area contributed by atoms with Crippen molar-refractivity contribution in [3.8, 4) is 0 Å². The number of hydrogen-bond donors (Lipinski definition) is 0. The Balaban J connectivity index is 2.96. The zero-order valence-electron chi connectivity index (χ0n) is 10.9. The molecule has 0 aliphatic rings. The summed E-state index contributed by atoms with van der Waals surface area (Å²) in [5.41, 5.74) is 0.509. The van der Waals surface area contributed by atoms with Gasteiger partial charge in [-0.05, 0) is 27.7 Å². The molecule has 5 nitrogen and oxygen atoms in total. The minimum atomic E-state index is -0.171. The van der Waals surface area contributed by atoms with Crippen LogP contribution in [0.4, 0.5) is 0 Å². The van der Waals surface area contributed by atoms with Crippen LogP contribution in [0.3, 0.4) is 0 Å². The van der Waals surface area contributed by atoms with E-state index in [-0.39, 0.29) is 18.0 Å². The fourth-order valence-electron chi connectivity index (χ4n) is 1.77. The van der Waals surface area contributed by atoms with Gasteiger partial charge in [0.15, 0.2) is 0 Å². The Kier molecular flexibility index (Phi) is 4.43. The summed E-state index contributed by atoms with van der Waals surface area (Å²) in [5.74, 6) is 0.529. The first-order valence-corrected chi connectivity index (χ1v) is 5.82. The molecular formula is C12H19N3O2. The quantitative estimate of drug-likeness (QED) is 0.775. The zero-order chi connectivity index (χ0) is 13.0. The standard InChI is InChI=1S/C12H19N3O2/c1-5-14(6-2)12(17)8-15-10(4)13-9(3)7-11(15)16/h7H,5-6,8H2,1-4H3. The van der Waals surface area contributed by atoms with Crippen molar-refractivity contribution in [3.63, 3.8) is 0 Å². The van der Waals surface area contributed by atoms with Gasteiger partial charge in [-0.25, -0.2) is 4.98 Å². The van der Waals surface area contributed by atoms with Crippen molar-refractivity contribution < 1.29 is 4.79 Å². The van der Waals surface area contributed by atoms with Gasteiger partial charge in [0.25, 0.3) is 5.56 Å². The normalized spacial score (nSPS) is 10.4. The topological polar surface area (TPSA) is 55.2 Å². The van der Waals surface area contributed by atoms with Gasteiger partial charge in [0.1, 0.15) is 12.4 Å². The molecule has 94 valence electrons. The van der Waals surface area contributed by atoms with E-state index in [4.69, 9.17) is 0 Å². The van der Waals surface area contributed by atoms with Crippen molar-refractivity contribution in [1.29, 1.82) is 0 Å². The number of carbonyl (C=O) groups excluding carboxylic acids is 1. The number of rotatable bonds is 4. The molecule has 0 saturated carbocycles. The first-order chi connectivity index (χ1) is 7.99.